The molecule has 3 aliphatic heterocycles. The van der Waals surface area contributed by atoms with Gasteiger partial charge in [-0.15, -0.1) is 0 Å². The van der Waals surface area contributed by atoms with E-state index in [1.54, 1.807) is 0 Å². The summed E-state index contributed by atoms with van der Waals surface area (Å²) in [5.74, 6) is 2.23. The number of nitrogens with two attached hydrogens (primary N) is 1. The number of fused-ring (bicyclic) bond motifs is 1. The molecule has 2 fully saturated rings. The molecule has 3 N–H and O–H groups in total. The Hall–Kier alpha value is -2.84. The quantitative estimate of drug-likeness (QED) is 0.734. The fourth-order valence-corrected chi connectivity index (χ4v) is 4.72. The van der Waals surface area contributed by atoms with Gasteiger partial charge in [-0.05, 0) is 37.1 Å². The molecule has 32 heavy (non-hydrogen) atoms. The van der Waals surface area contributed by atoms with Crippen molar-refractivity contribution in [3.05, 3.63) is 47.8 Å². The summed E-state index contributed by atoms with van der Waals surface area (Å²) in [7, 11) is 2.15. The number of nitrogen functional groups attached to an aromatic ring is 1. The van der Waals surface area contributed by atoms with Crippen molar-refractivity contribution in [3.63, 3.8) is 0 Å². The first-order chi connectivity index (χ1) is 15.5. The van der Waals surface area contributed by atoms with Gasteiger partial charge in [0.05, 0.1) is 24.2 Å². The van der Waals surface area contributed by atoms with Crippen LogP contribution < -0.4 is 16.0 Å². The lowest BCUT2D eigenvalue weighted by Gasteiger charge is -2.34. The van der Waals surface area contributed by atoms with Crippen LogP contribution in [0, 0.1) is 0 Å². The van der Waals surface area contributed by atoms with Crippen molar-refractivity contribution in [2.45, 2.75) is 25.4 Å². The number of ether oxygens (including phenoxy) is 1. The second-order valence-corrected chi connectivity index (χ2v) is 9.07. The standard InChI is InChI=1S/C24H33N7O/c1-17(26-21-6-12-32-16-21)31-7-5-18-3-4-19(13-20(18)15-31)22-14-23(28-24(25)27-22)30-10-8-29(2)9-11-30/h3-4,13-14,21,26H,1,5-12,15-16H2,2H3,(H2,25,27,28)/t21-/m1/s1. The van der Waals surface area contributed by atoms with E-state index in [1.807, 2.05) is 0 Å². The second kappa shape index (κ2) is 8.96. The molecular weight excluding hydrogens is 402 g/mol. The molecule has 2 saturated heterocycles. The Morgan fingerprint density at radius 2 is 1.97 bits per heavy atom. The van der Waals surface area contributed by atoms with E-state index in [0.717, 1.165) is 88.2 Å². The van der Waals surface area contributed by atoms with Crippen LogP contribution in [-0.4, -0.2) is 78.8 Å². The number of likely N-dealkylation sites (N-methyl/N-ethyl adjacent to an activating group) is 1. The molecule has 0 bridgehead atoms. The number of anilines is 2. The highest BCUT2D eigenvalue weighted by molar-refractivity contribution is 5.66. The molecule has 2 aromatic rings. The van der Waals surface area contributed by atoms with E-state index in [4.69, 9.17) is 10.5 Å². The number of hydrogen-bond acceptors (Lipinski definition) is 8. The minimum atomic E-state index is 0.326. The highest BCUT2D eigenvalue weighted by atomic mass is 16.5. The number of hydrogen-bond donors (Lipinski definition) is 2. The summed E-state index contributed by atoms with van der Waals surface area (Å²) in [6.45, 7) is 11.6. The van der Waals surface area contributed by atoms with Crippen molar-refractivity contribution in [3.8, 4) is 11.3 Å². The average molecular weight is 436 g/mol. The molecule has 8 heteroatoms. The molecule has 0 saturated carbocycles. The predicted octanol–water partition coefficient (Wildman–Crippen LogP) is 1.69. The van der Waals surface area contributed by atoms with Crippen LogP contribution in [0.5, 0.6) is 0 Å². The first-order valence-corrected chi connectivity index (χ1v) is 11.5. The van der Waals surface area contributed by atoms with Gasteiger partial charge < -0.3 is 30.5 Å². The maximum atomic E-state index is 6.11. The number of nitrogens with zero attached hydrogens (tertiary/aromatic N) is 5. The van der Waals surface area contributed by atoms with Gasteiger partial charge >= 0.3 is 0 Å². The van der Waals surface area contributed by atoms with E-state index < -0.39 is 0 Å². The molecule has 8 nitrogen and oxygen atoms in total. The van der Waals surface area contributed by atoms with Crippen molar-refractivity contribution in [2.75, 3.05) is 63.6 Å². The third-order valence-electron chi connectivity index (χ3n) is 6.75. The number of benzene rings is 1. The van der Waals surface area contributed by atoms with Crippen LogP contribution in [0.25, 0.3) is 11.3 Å². The third kappa shape index (κ3) is 4.52. The topological polar surface area (TPSA) is 82.8 Å². The van der Waals surface area contributed by atoms with Crippen LogP contribution in [0.2, 0.25) is 0 Å². The smallest absolute Gasteiger partial charge is 0.222 e. The summed E-state index contributed by atoms with van der Waals surface area (Å²) in [5.41, 5.74) is 10.8. The van der Waals surface area contributed by atoms with Gasteiger partial charge in [-0.1, -0.05) is 18.7 Å². The van der Waals surface area contributed by atoms with Crippen molar-refractivity contribution >= 4 is 11.8 Å². The van der Waals surface area contributed by atoms with E-state index in [9.17, 15) is 0 Å². The Morgan fingerprint density at radius 1 is 1.12 bits per heavy atom. The summed E-state index contributed by atoms with van der Waals surface area (Å²) < 4.78 is 5.48. The molecule has 0 unspecified atom stereocenters. The largest absolute Gasteiger partial charge is 0.379 e. The minimum absolute atomic E-state index is 0.326. The monoisotopic (exact) mass is 435 g/mol. The molecule has 170 valence electrons. The normalized spacial score (nSPS) is 21.5. The van der Waals surface area contributed by atoms with Gasteiger partial charge in [0, 0.05) is 57.5 Å². The van der Waals surface area contributed by atoms with Gasteiger partial charge in [0.2, 0.25) is 5.95 Å². The van der Waals surface area contributed by atoms with Gasteiger partial charge in [0.25, 0.3) is 0 Å². The van der Waals surface area contributed by atoms with Gasteiger partial charge in [-0.2, -0.15) is 4.98 Å². The number of piperazine rings is 1. The van der Waals surface area contributed by atoms with Crippen LogP contribution in [-0.2, 0) is 17.7 Å². The average Bonchev–Trinajstić information content (AvgIpc) is 3.31. The predicted molar refractivity (Wildman–Crippen MR) is 127 cm³/mol. The van der Waals surface area contributed by atoms with Crippen LogP contribution in [0.4, 0.5) is 11.8 Å². The zero-order chi connectivity index (χ0) is 22.1. The van der Waals surface area contributed by atoms with E-state index in [0.29, 0.717) is 12.0 Å². The summed E-state index contributed by atoms with van der Waals surface area (Å²) in [6, 6.07) is 9.09. The molecule has 0 aliphatic carbocycles. The van der Waals surface area contributed by atoms with E-state index >= 15 is 0 Å². The number of aromatic nitrogens is 2. The van der Waals surface area contributed by atoms with Crippen molar-refractivity contribution < 1.29 is 4.74 Å². The van der Waals surface area contributed by atoms with Gasteiger partial charge in [0.1, 0.15) is 5.82 Å². The van der Waals surface area contributed by atoms with E-state index in [2.05, 4.69) is 67.9 Å². The number of nitrogens with one attached hydrogen (secondary N) is 1. The fraction of sp³-hybridized carbons (Fsp3) is 0.500. The van der Waals surface area contributed by atoms with Crippen LogP contribution >= 0.6 is 0 Å². The minimum Gasteiger partial charge on any atom is -0.379 e. The Labute approximate surface area is 190 Å². The first kappa shape index (κ1) is 21.0. The summed E-state index contributed by atoms with van der Waals surface area (Å²) in [5, 5.41) is 3.54. The lowest BCUT2D eigenvalue weighted by atomic mass is 9.96. The third-order valence-corrected chi connectivity index (χ3v) is 6.75. The molecule has 3 aliphatic rings. The van der Waals surface area contributed by atoms with Crippen molar-refractivity contribution in [2.24, 2.45) is 0 Å². The van der Waals surface area contributed by atoms with Crippen molar-refractivity contribution in [1.29, 1.82) is 0 Å². The van der Waals surface area contributed by atoms with Gasteiger partial charge in [-0.25, -0.2) is 4.98 Å². The Balaban J connectivity index is 1.34. The lowest BCUT2D eigenvalue weighted by molar-refractivity contribution is 0.188. The summed E-state index contributed by atoms with van der Waals surface area (Å²) in [6.07, 6.45) is 2.05. The van der Waals surface area contributed by atoms with Gasteiger partial charge in [-0.3, -0.25) is 0 Å². The first-order valence-electron chi connectivity index (χ1n) is 11.5. The molecule has 4 heterocycles. The summed E-state index contributed by atoms with van der Waals surface area (Å²) >= 11 is 0. The van der Waals surface area contributed by atoms with Crippen LogP contribution in [0.1, 0.15) is 17.5 Å². The van der Waals surface area contributed by atoms with E-state index in [-0.39, 0.29) is 0 Å². The van der Waals surface area contributed by atoms with Crippen LogP contribution in [0.3, 0.4) is 0 Å². The maximum Gasteiger partial charge on any atom is 0.222 e. The lowest BCUT2D eigenvalue weighted by Crippen LogP contribution is -2.44. The second-order valence-electron chi connectivity index (χ2n) is 9.07. The zero-order valence-electron chi connectivity index (χ0n) is 18.9. The Bertz CT molecular complexity index is 980. The molecule has 1 aromatic carbocycles. The van der Waals surface area contributed by atoms with Crippen LogP contribution in [0.15, 0.2) is 36.7 Å². The molecule has 0 spiro atoms. The Morgan fingerprint density at radius 3 is 2.75 bits per heavy atom. The Kier molecular flexibility index (Phi) is 5.89. The maximum absolute atomic E-state index is 6.11. The fourth-order valence-electron chi connectivity index (χ4n) is 4.72. The highest BCUT2D eigenvalue weighted by Crippen LogP contribution is 2.29. The molecular formula is C24H33N7O. The summed E-state index contributed by atoms with van der Waals surface area (Å²) in [4.78, 5) is 16.0. The molecule has 1 atom stereocenters. The molecule has 0 amide bonds. The highest BCUT2D eigenvalue weighted by Gasteiger charge is 2.22. The van der Waals surface area contributed by atoms with Crippen molar-refractivity contribution in [1.82, 2.24) is 25.1 Å². The zero-order valence-corrected chi connectivity index (χ0v) is 18.9. The van der Waals surface area contributed by atoms with E-state index in [1.165, 1.54) is 11.1 Å². The van der Waals surface area contributed by atoms with Gasteiger partial charge in [0.15, 0.2) is 0 Å². The SMILES string of the molecule is C=C(N[C@@H]1CCOC1)N1CCc2ccc(-c3cc(N4CCN(C)CC4)nc(N)n3)cc2C1. The number of rotatable bonds is 5. The molecule has 1 aromatic heterocycles. The molecule has 0 radical (unpaired) electrons. The molecule has 5 rings (SSSR count).